The average molecular weight is 391 g/mol. The van der Waals surface area contributed by atoms with Gasteiger partial charge in [0, 0.05) is 17.9 Å². The van der Waals surface area contributed by atoms with Crippen LogP contribution in [0.25, 0.3) is 0 Å². The number of hydrogen-bond donors (Lipinski definition) is 1. The lowest BCUT2D eigenvalue weighted by atomic mass is 10.0. The Morgan fingerprint density at radius 3 is 2.37 bits per heavy atom. The Balaban J connectivity index is 2.19. The summed E-state index contributed by atoms with van der Waals surface area (Å²) >= 11 is 0. The van der Waals surface area contributed by atoms with Gasteiger partial charge in [-0.15, -0.1) is 0 Å². The number of hydrogen-bond acceptors (Lipinski definition) is 5. The van der Waals surface area contributed by atoms with Gasteiger partial charge in [0.2, 0.25) is 0 Å². The molecule has 1 atom stereocenters. The first-order chi connectivity index (χ1) is 12.6. The summed E-state index contributed by atoms with van der Waals surface area (Å²) in [6.45, 7) is 5.76. The number of nitrogens with one attached hydrogen (secondary N) is 1. The topological polar surface area (TPSA) is 93.5 Å². The molecule has 0 fully saturated rings. The first-order valence-corrected chi connectivity index (χ1v) is 10.9. The lowest BCUT2D eigenvalue weighted by molar-refractivity contribution is 0.102. The van der Waals surface area contributed by atoms with Crippen molar-refractivity contribution in [3.8, 4) is 0 Å². The zero-order valence-corrected chi connectivity index (χ0v) is 16.9. The van der Waals surface area contributed by atoms with Gasteiger partial charge in [-0.05, 0) is 42.7 Å². The smallest absolute Gasteiger partial charge is 0.349 e. The highest BCUT2D eigenvalue weighted by Crippen LogP contribution is 2.21. The molecule has 2 rings (SSSR count). The van der Waals surface area contributed by atoms with E-state index in [1.807, 2.05) is 6.92 Å². The molecule has 2 aromatic rings. The van der Waals surface area contributed by atoms with Gasteiger partial charge in [-0.25, -0.2) is 13.2 Å². The molecule has 1 N–H and O–H groups in total. The largest absolute Gasteiger partial charge is 0.427 e. The first kappa shape index (κ1) is 20.9. The summed E-state index contributed by atoms with van der Waals surface area (Å²) in [4.78, 5) is 24.8. The highest BCUT2D eigenvalue weighted by atomic mass is 32.2. The normalized spacial score (nSPS) is 12.6. The van der Waals surface area contributed by atoms with Crippen LogP contribution >= 0.6 is 0 Å². The van der Waals surface area contributed by atoms with E-state index in [2.05, 4.69) is 12.2 Å². The third-order valence-electron chi connectivity index (χ3n) is 4.24. The molecule has 1 unspecified atom stereocenters. The van der Waals surface area contributed by atoms with E-state index in [0.717, 1.165) is 19.1 Å². The maximum atomic E-state index is 12.5. The van der Waals surface area contributed by atoms with Crippen LogP contribution in [0, 0.1) is 6.92 Å². The van der Waals surface area contributed by atoms with Crippen LogP contribution in [-0.4, -0.2) is 20.6 Å². The van der Waals surface area contributed by atoms with Crippen molar-refractivity contribution in [3.05, 3.63) is 63.2 Å². The molecular weight excluding hydrogens is 366 g/mol. The minimum absolute atomic E-state index is 0.0253. The zero-order valence-electron chi connectivity index (χ0n) is 16.0. The third-order valence-corrected chi connectivity index (χ3v) is 5.10. The fourth-order valence-electron chi connectivity index (χ4n) is 2.90. The summed E-state index contributed by atoms with van der Waals surface area (Å²) in [5.41, 5.74) is 0.983. The molecule has 1 amide bonds. The summed E-state index contributed by atoms with van der Waals surface area (Å²) in [6, 6.07) is 8.20. The minimum atomic E-state index is -3.12. The van der Waals surface area contributed by atoms with E-state index in [0.29, 0.717) is 22.6 Å². The van der Waals surface area contributed by atoms with E-state index >= 15 is 0 Å². The van der Waals surface area contributed by atoms with Crippen molar-refractivity contribution in [1.82, 2.24) is 0 Å². The minimum Gasteiger partial charge on any atom is -0.427 e. The van der Waals surface area contributed by atoms with Gasteiger partial charge < -0.3 is 9.73 Å². The second kappa shape index (κ2) is 8.52. The van der Waals surface area contributed by atoms with E-state index < -0.39 is 21.4 Å². The third kappa shape index (κ3) is 5.79. The Hall–Kier alpha value is -2.41. The zero-order chi connectivity index (χ0) is 20.2. The Kier molecular flexibility index (Phi) is 6.59. The number of anilines is 1. The van der Waals surface area contributed by atoms with Crippen molar-refractivity contribution in [2.24, 2.45) is 0 Å². The SMILES string of the molecule is CCCC(C)c1cc(C)c(C(=O)Nc2ccc(CS(C)(=O)=O)cc2)c(=O)o1. The van der Waals surface area contributed by atoms with Crippen LogP contribution in [0.4, 0.5) is 5.69 Å². The van der Waals surface area contributed by atoms with E-state index in [4.69, 9.17) is 4.42 Å². The molecule has 27 heavy (non-hydrogen) atoms. The van der Waals surface area contributed by atoms with Gasteiger partial charge in [0.05, 0.1) is 5.75 Å². The van der Waals surface area contributed by atoms with Gasteiger partial charge in [-0.1, -0.05) is 32.4 Å². The van der Waals surface area contributed by atoms with Crippen LogP contribution in [0.5, 0.6) is 0 Å². The van der Waals surface area contributed by atoms with Crippen LogP contribution in [0.2, 0.25) is 0 Å². The number of carbonyl (C=O) groups is 1. The molecule has 1 heterocycles. The molecule has 0 aliphatic rings. The van der Waals surface area contributed by atoms with Gasteiger partial charge in [-0.2, -0.15) is 0 Å². The van der Waals surface area contributed by atoms with E-state index in [9.17, 15) is 18.0 Å². The molecule has 0 spiro atoms. The van der Waals surface area contributed by atoms with E-state index in [-0.39, 0.29) is 17.2 Å². The van der Waals surface area contributed by atoms with Crippen LogP contribution < -0.4 is 10.9 Å². The Bertz CT molecular complexity index is 974. The lowest BCUT2D eigenvalue weighted by Gasteiger charge is -2.12. The Morgan fingerprint density at radius 1 is 1.22 bits per heavy atom. The summed E-state index contributed by atoms with van der Waals surface area (Å²) in [5, 5.41) is 2.66. The van der Waals surface area contributed by atoms with Crippen LogP contribution in [-0.2, 0) is 15.6 Å². The van der Waals surface area contributed by atoms with Crippen molar-refractivity contribution in [2.45, 2.75) is 45.3 Å². The van der Waals surface area contributed by atoms with Crippen LogP contribution in [0.3, 0.4) is 0 Å². The average Bonchev–Trinajstić information content (AvgIpc) is 2.55. The number of aryl methyl sites for hydroxylation is 1. The molecule has 1 aromatic carbocycles. The quantitative estimate of drug-likeness (QED) is 0.777. The first-order valence-electron chi connectivity index (χ1n) is 8.83. The lowest BCUT2D eigenvalue weighted by Crippen LogP contribution is -2.23. The molecule has 0 radical (unpaired) electrons. The summed E-state index contributed by atoms with van der Waals surface area (Å²) < 4.78 is 28.0. The van der Waals surface area contributed by atoms with Crippen LogP contribution in [0.1, 0.15) is 59.9 Å². The predicted molar refractivity (Wildman–Crippen MR) is 106 cm³/mol. The number of carbonyl (C=O) groups excluding carboxylic acids is 1. The molecule has 0 saturated heterocycles. The monoisotopic (exact) mass is 391 g/mol. The summed E-state index contributed by atoms with van der Waals surface area (Å²) in [5.74, 6) is 0.0789. The maximum Gasteiger partial charge on any atom is 0.349 e. The van der Waals surface area contributed by atoms with Crippen molar-refractivity contribution in [3.63, 3.8) is 0 Å². The van der Waals surface area contributed by atoms with Crippen molar-refractivity contribution in [2.75, 3.05) is 11.6 Å². The molecular formula is C20H25NO5S. The highest BCUT2D eigenvalue weighted by Gasteiger charge is 2.19. The Morgan fingerprint density at radius 2 is 1.85 bits per heavy atom. The number of rotatable bonds is 7. The second-order valence-corrected chi connectivity index (χ2v) is 9.05. The molecule has 0 aliphatic carbocycles. The van der Waals surface area contributed by atoms with Gasteiger partial charge in [0.1, 0.15) is 11.3 Å². The molecule has 146 valence electrons. The standard InChI is InChI=1S/C20H25NO5S/c1-5-6-13(2)17-11-14(3)18(20(23)26-17)19(22)21-16-9-7-15(8-10-16)12-27(4,24)25/h7-11,13H,5-6,12H2,1-4H3,(H,21,22). The molecule has 0 bridgehead atoms. The summed E-state index contributed by atoms with van der Waals surface area (Å²) in [7, 11) is -3.12. The number of sulfone groups is 1. The number of benzene rings is 1. The van der Waals surface area contributed by atoms with E-state index in [1.54, 1.807) is 37.3 Å². The molecule has 7 heteroatoms. The molecule has 0 aliphatic heterocycles. The summed E-state index contributed by atoms with van der Waals surface area (Å²) in [6.07, 6.45) is 3.03. The predicted octanol–water partition coefficient (Wildman–Crippen LogP) is 3.65. The molecule has 1 aromatic heterocycles. The van der Waals surface area contributed by atoms with Crippen LogP contribution in [0.15, 0.2) is 39.5 Å². The fourth-order valence-corrected chi connectivity index (χ4v) is 3.70. The van der Waals surface area contributed by atoms with Crippen molar-refractivity contribution < 1.29 is 17.6 Å². The fraction of sp³-hybridized carbons (Fsp3) is 0.400. The van der Waals surface area contributed by atoms with Gasteiger partial charge in [-0.3, -0.25) is 4.79 Å². The second-order valence-electron chi connectivity index (χ2n) is 6.91. The van der Waals surface area contributed by atoms with Gasteiger partial charge in [0.25, 0.3) is 5.91 Å². The number of amides is 1. The maximum absolute atomic E-state index is 12.5. The van der Waals surface area contributed by atoms with Gasteiger partial charge >= 0.3 is 5.63 Å². The van der Waals surface area contributed by atoms with Crippen molar-refractivity contribution in [1.29, 1.82) is 0 Å². The van der Waals surface area contributed by atoms with E-state index in [1.165, 1.54) is 0 Å². The van der Waals surface area contributed by atoms with Gasteiger partial charge in [0.15, 0.2) is 9.84 Å². The van der Waals surface area contributed by atoms with Crippen molar-refractivity contribution >= 4 is 21.4 Å². The highest BCUT2D eigenvalue weighted by molar-refractivity contribution is 7.89. The Labute approximate surface area is 159 Å². The molecule has 6 nitrogen and oxygen atoms in total. The molecule has 0 saturated carbocycles.